The molecule has 2 nitrogen and oxygen atoms in total. The second kappa shape index (κ2) is 4.01. The second-order valence-corrected chi connectivity index (χ2v) is 4.15. The fraction of sp³-hybridized carbons (Fsp3) is 0.500. The summed E-state index contributed by atoms with van der Waals surface area (Å²) in [4.78, 5) is 0. The van der Waals surface area contributed by atoms with E-state index in [0.29, 0.717) is 11.7 Å². The molecule has 1 fully saturated rings. The zero-order valence-electron chi connectivity index (χ0n) is 8.32. The Kier molecular flexibility index (Phi) is 2.73. The Morgan fingerprint density at radius 1 is 1.21 bits per heavy atom. The molecule has 14 heavy (non-hydrogen) atoms. The summed E-state index contributed by atoms with van der Waals surface area (Å²) in [7, 11) is 0. The first kappa shape index (κ1) is 9.53. The Bertz CT molecular complexity index is 311. The molecule has 0 heterocycles. The van der Waals surface area contributed by atoms with Gasteiger partial charge in [-0.25, -0.2) is 0 Å². The molecule has 2 unspecified atom stereocenters. The number of benzene rings is 1. The minimum absolute atomic E-state index is 0.269. The minimum atomic E-state index is 0.269. The summed E-state index contributed by atoms with van der Waals surface area (Å²) < 4.78 is 0. The van der Waals surface area contributed by atoms with E-state index in [9.17, 15) is 5.11 Å². The third kappa shape index (κ3) is 1.90. The summed E-state index contributed by atoms with van der Waals surface area (Å²) in [5.41, 5.74) is 7.27. The summed E-state index contributed by atoms with van der Waals surface area (Å²) in [6.07, 6.45) is 4.77. The van der Waals surface area contributed by atoms with E-state index in [4.69, 9.17) is 5.73 Å². The Balaban J connectivity index is 2.20. The lowest BCUT2D eigenvalue weighted by Crippen LogP contribution is -2.31. The lowest BCUT2D eigenvalue weighted by Gasteiger charge is -2.28. The lowest BCUT2D eigenvalue weighted by atomic mass is 9.80. The maximum Gasteiger partial charge on any atom is 0.115 e. The molecular formula is C12H17NO. The monoisotopic (exact) mass is 191 g/mol. The maximum absolute atomic E-state index is 9.39. The summed E-state index contributed by atoms with van der Waals surface area (Å²) in [5.74, 6) is 0.788. The molecule has 2 rings (SSSR count). The highest BCUT2D eigenvalue weighted by molar-refractivity contribution is 5.30. The van der Waals surface area contributed by atoms with Gasteiger partial charge in [0.05, 0.1) is 0 Å². The topological polar surface area (TPSA) is 46.2 Å². The van der Waals surface area contributed by atoms with E-state index in [0.717, 1.165) is 12.8 Å². The van der Waals surface area contributed by atoms with Gasteiger partial charge in [0.2, 0.25) is 0 Å². The standard InChI is InChI=1S/C12H17NO/c13-12-7-2-1-6-11(12)9-4-3-5-10(14)8-9/h3-5,8,11-12,14H,1-2,6-7,13H2. The molecule has 1 aliphatic carbocycles. The Hall–Kier alpha value is -1.02. The van der Waals surface area contributed by atoms with Crippen molar-refractivity contribution >= 4 is 0 Å². The molecule has 0 amide bonds. The SMILES string of the molecule is NC1CCCCC1c1cccc(O)c1. The van der Waals surface area contributed by atoms with Gasteiger partial charge in [-0.05, 0) is 36.5 Å². The van der Waals surface area contributed by atoms with Crippen LogP contribution < -0.4 is 5.73 Å². The predicted molar refractivity (Wildman–Crippen MR) is 57.3 cm³/mol. The van der Waals surface area contributed by atoms with Crippen molar-refractivity contribution in [2.24, 2.45) is 5.73 Å². The summed E-state index contributed by atoms with van der Waals surface area (Å²) in [5, 5.41) is 9.39. The summed E-state index contributed by atoms with van der Waals surface area (Å²) >= 11 is 0. The van der Waals surface area contributed by atoms with Gasteiger partial charge in [-0.2, -0.15) is 0 Å². The van der Waals surface area contributed by atoms with Crippen LogP contribution in [0.5, 0.6) is 5.75 Å². The van der Waals surface area contributed by atoms with Crippen LogP contribution in [0.4, 0.5) is 0 Å². The Morgan fingerprint density at radius 2 is 2.00 bits per heavy atom. The van der Waals surface area contributed by atoms with Crippen molar-refractivity contribution in [1.82, 2.24) is 0 Å². The van der Waals surface area contributed by atoms with Crippen LogP contribution in [-0.2, 0) is 0 Å². The highest BCUT2D eigenvalue weighted by Crippen LogP contribution is 2.32. The normalized spacial score (nSPS) is 27.5. The van der Waals surface area contributed by atoms with Crippen LogP contribution >= 0.6 is 0 Å². The van der Waals surface area contributed by atoms with Gasteiger partial charge in [0.15, 0.2) is 0 Å². The van der Waals surface area contributed by atoms with Gasteiger partial charge in [0.1, 0.15) is 5.75 Å². The van der Waals surface area contributed by atoms with Crippen molar-refractivity contribution in [1.29, 1.82) is 0 Å². The van der Waals surface area contributed by atoms with E-state index in [1.165, 1.54) is 18.4 Å². The molecule has 0 spiro atoms. The second-order valence-electron chi connectivity index (χ2n) is 4.15. The average Bonchev–Trinajstić information content (AvgIpc) is 2.18. The van der Waals surface area contributed by atoms with Crippen molar-refractivity contribution in [3.8, 4) is 5.75 Å². The fourth-order valence-corrected chi connectivity index (χ4v) is 2.33. The third-order valence-corrected chi connectivity index (χ3v) is 3.12. The van der Waals surface area contributed by atoms with Gasteiger partial charge >= 0.3 is 0 Å². The van der Waals surface area contributed by atoms with Crippen LogP contribution in [0.3, 0.4) is 0 Å². The lowest BCUT2D eigenvalue weighted by molar-refractivity contribution is 0.384. The number of nitrogens with two attached hydrogens (primary N) is 1. The van der Waals surface area contributed by atoms with Crippen LogP contribution in [0.1, 0.15) is 37.2 Å². The number of phenolic OH excluding ortho intramolecular Hbond substituents is 1. The number of rotatable bonds is 1. The van der Waals surface area contributed by atoms with Gasteiger partial charge in [-0.3, -0.25) is 0 Å². The van der Waals surface area contributed by atoms with Gasteiger partial charge < -0.3 is 10.8 Å². The predicted octanol–water partition coefficient (Wildman–Crippen LogP) is 2.38. The molecule has 0 radical (unpaired) electrons. The van der Waals surface area contributed by atoms with Crippen LogP contribution in [0.15, 0.2) is 24.3 Å². The summed E-state index contributed by atoms with van der Waals surface area (Å²) in [6, 6.07) is 7.78. The highest BCUT2D eigenvalue weighted by atomic mass is 16.3. The first-order valence-corrected chi connectivity index (χ1v) is 5.32. The van der Waals surface area contributed by atoms with E-state index in [1.54, 1.807) is 6.07 Å². The van der Waals surface area contributed by atoms with Crippen molar-refractivity contribution in [2.45, 2.75) is 37.6 Å². The van der Waals surface area contributed by atoms with Gasteiger partial charge in [0, 0.05) is 6.04 Å². The van der Waals surface area contributed by atoms with Crippen molar-refractivity contribution < 1.29 is 5.11 Å². The quantitative estimate of drug-likeness (QED) is 0.716. The number of hydrogen-bond donors (Lipinski definition) is 2. The zero-order chi connectivity index (χ0) is 9.97. The highest BCUT2D eigenvalue weighted by Gasteiger charge is 2.23. The fourth-order valence-electron chi connectivity index (χ4n) is 2.33. The molecular weight excluding hydrogens is 174 g/mol. The molecule has 1 aromatic carbocycles. The third-order valence-electron chi connectivity index (χ3n) is 3.12. The van der Waals surface area contributed by atoms with Crippen molar-refractivity contribution in [2.75, 3.05) is 0 Å². The van der Waals surface area contributed by atoms with E-state index in [-0.39, 0.29) is 6.04 Å². The van der Waals surface area contributed by atoms with Crippen LogP contribution in [0.2, 0.25) is 0 Å². The number of aromatic hydroxyl groups is 1. The van der Waals surface area contributed by atoms with E-state index in [2.05, 4.69) is 6.07 Å². The molecule has 0 bridgehead atoms. The minimum Gasteiger partial charge on any atom is -0.508 e. The van der Waals surface area contributed by atoms with E-state index >= 15 is 0 Å². The molecule has 0 aromatic heterocycles. The van der Waals surface area contributed by atoms with Gasteiger partial charge in [0.25, 0.3) is 0 Å². The first-order valence-electron chi connectivity index (χ1n) is 5.32. The number of hydrogen-bond acceptors (Lipinski definition) is 2. The molecule has 2 heteroatoms. The van der Waals surface area contributed by atoms with Gasteiger partial charge in [-0.1, -0.05) is 25.0 Å². The largest absolute Gasteiger partial charge is 0.508 e. The van der Waals surface area contributed by atoms with Crippen LogP contribution in [-0.4, -0.2) is 11.1 Å². The summed E-state index contributed by atoms with van der Waals surface area (Å²) in [6.45, 7) is 0. The maximum atomic E-state index is 9.39. The van der Waals surface area contributed by atoms with Crippen molar-refractivity contribution in [3.05, 3.63) is 29.8 Å². The molecule has 1 saturated carbocycles. The first-order chi connectivity index (χ1) is 6.77. The zero-order valence-corrected chi connectivity index (χ0v) is 8.32. The van der Waals surface area contributed by atoms with E-state index in [1.807, 2.05) is 12.1 Å². The van der Waals surface area contributed by atoms with Crippen molar-refractivity contribution in [3.63, 3.8) is 0 Å². The smallest absolute Gasteiger partial charge is 0.115 e. The number of phenols is 1. The van der Waals surface area contributed by atoms with E-state index < -0.39 is 0 Å². The van der Waals surface area contributed by atoms with Crippen LogP contribution in [0, 0.1) is 0 Å². The molecule has 3 N–H and O–H groups in total. The molecule has 0 saturated heterocycles. The van der Waals surface area contributed by atoms with Crippen LogP contribution in [0.25, 0.3) is 0 Å². The average molecular weight is 191 g/mol. The Morgan fingerprint density at radius 3 is 2.71 bits per heavy atom. The van der Waals surface area contributed by atoms with Gasteiger partial charge in [-0.15, -0.1) is 0 Å². The molecule has 1 aromatic rings. The molecule has 0 aliphatic heterocycles. The molecule has 2 atom stereocenters. The molecule has 1 aliphatic rings. The molecule has 76 valence electrons. The Labute approximate surface area is 84.7 Å².